The number of aliphatic hydroxyl groups excluding tert-OH is 3. The van der Waals surface area contributed by atoms with E-state index >= 15 is 0 Å². The number of nitrogens with zero attached hydrogens (tertiary/aromatic N) is 1. The van der Waals surface area contributed by atoms with E-state index in [1.165, 1.54) is 0 Å². The number of benzene rings is 1. The maximum Gasteiger partial charge on any atom is 0.164 e. The average molecular weight is 284 g/mol. The molecule has 1 saturated heterocycles. The first-order valence-electron chi connectivity index (χ1n) is 6.01. The van der Waals surface area contributed by atoms with E-state index in [2.05, 4.69) is 0 Å². The molecule has 19 heavy (non-hydrogen) atoms. The number of ether oxygens (including phenoxy) is 1. The second-order valence-electron chi connectivity index (χ2n) is 4.62. The zero-order valence-electron chi connectivity index (χ0n) is 9.98. The van der Waals surface area contributed by atoms with Gasteiger partial charge in [0.15, 0.2) is 6.23 Å². The Morgan fingerprint density at radius 1 is 1.21 bits per heavy atom. The van der Waals surface area contributed by atoms with Gasteiger partial charge in [0.25, 0.3) is 0 Å². The summed E-state index contributed by atoms with van der Waals surface area (Å²) in [4.78, 5) is 0. The van der Waals surface area contributed by atoms with Gasteiger partial charge in [0.1, 0.15) is 23.5 Å². The van der Waals surface area contributed by atoms with Gasteiger partial charge in [-0.25, -0.2) is 0 Å². The molecular weight excluding hydrogens is 270 g/mol. The number of halogens is 1. The number of fused-ring (bicyclic) bond motifs is 1. The molecule has 0 saturated carbocycles. The maximum absolute atomic E-state index is 10.0. The molecule has 0 unspecified atom stereocenters. The third-order valence-electron chi connectivity index (χ3n) is 3.47. The van der Waals surface area contributed by atoms with Gasteiger partial charge < -0.3 is 24.6 Å². The SMILES string of the molecule is OC[C@H]1O[C@@H](n2c(Cl)cc3ccccc32)[C@H](O)[C@@H]1O. The number of para-hydroxylation sites is 1. The molecule has 3 N–H and O–H groups in total. The van der Waals surface area contributed by atoms with Crippen LogP contribution in [-0.4, -0.2) is 44.8 Å². The van der Waals surface area contributed by atoms with Crippen molar-refractivity contribution in [2.45, 2.75) is 24.5 Å². The molecule has 0 amide bonds. The van der Waals surface area contributed by atoms with Gasteiger partial charge in [-0.05, 0) is 12.1 Å². The van der Waals surface area contributed by atoms with Gasteiger partial charge in [0, 0.05) is 5.39 Å². The summed E-state index contributed by atoms with van der Waals surface area (Å²) in [6.45, 7) is -0.356. The Bertz CT molecular complexity index is 599. The minimum Gasteiger partial charge on any atom is -0.394 e. The Hall–Kier alpha value is -1.11. The van der Waals surface area contributed by atoms with Crippen molar-refractivity contribution in [3.05, 3.63) is 35.5 Å². The van der Waals surface area contributed by atoms with Gasteiger partial charge in [-0.3, -0.25) is 0 Å². The molecule has 5 nitrogen and oxygen atoms in total. The zero-order valence-corrected chi connectivity index (χ0v) is 10.7. The highest BCUT2D eigenvalue weighted by atomic mass is 35.5. The molecule has 1 aromatic heterocycles. The molecular formula is C13H14ClNO4. The molecule has 6 heteroatoms. The zero-order chi connectivity index (χ0) is 13.6. The predicted octanol–water partition coefficient (Wildman–Crippen LogP) is 0.906. The van der Waals surface area contributed by atoms with Crippen molar-refractivity contribution in [3.63, 3.8) is 0 Å². The van der Waals surface area contributed by atoms with Crippen LogP contribution < -0.4 is 0 Å². The third kappa shape index (κ3) is 1.94. The molecule has 1 aliphatic rings. The fourth-order valence-electron chi connectivity index (χ4n) is 2.49. The molecule has 0 radical (unpaired) electrons. The smallest absolute Gasteiger partial charge is 0.164 e. The van der Waals surface area contributed by atoms with Crippen molar-refractivity contribution >= 4 is 22.5 Å². The fourth-order valence-corrected chi connectivity index (χ4v) is 2.80. The molecule has 2 aromatic rings. The summed E-state index contributed by atoms with van der Waals surface area (Å²) < 4.78 is 7.12. The van der Waals surface area contributed by atoms with E-state index in [1.54, 1.807) is 10.6 Å². The standard InChI is InChI=1S/C13H14ClNO4/c14-10-5-7-3-1-2-4-8(7)15(10)13-12(18)11(17)9(6-16)19-13/h1-5,9,11-13,16-18H,6H2/t9-,11-,12-,13-/m1/s1. The van der Waals surface area contributed by atoms with Crippen LogP contribution in [0.2, 0.25) is 5.15 Å². The van der Waals surface area contributed by atoms with E-state index in [4.69, 9.17) is 21.4 Å². The summed E-state index contributed by atoms with van der Waals surface area (Å²) in [7, 11) is 0. The first-order valence-corrected chi connectivity index (χ1v) is 6.39. The van der Waals surface area contributed by atoms with E-state index in [9.17, 15) is 10.2 Å². The highest BCUT2D eigenvalue weighted by Crippen LogP contribution is 2.35. The van der Waals surface area contributed by atoms with Crippen LogP contribution in [-0.2, 0) is 4.74 Å². The lowest BCUT2D eigenvalue weighted by atomic mass is 10.1. The first-order chi connectivity index (χ1) is 9.13. The first kappa shape index (κ1) is 12.9. The number of hydrogen-bond donors (Lipinski definition) is 3. The van der Waals surface area contributed by atoms with Gasteiger partial charge in [0.2, 0.25) is 0 Å². The van der Waals surface area contributed by atoms with Crippen molar-refractivity contribution in [2.75, 3.05) is 6.61 Å². The van der Waals surface area contributed by atoms with Crippen molar-refractivity contribution in [1.29, 1.82) is 0 Å². The molecule has 4 atom stereocenters. The topological polar surface area (TPSA) is 74.9 Å². The number of hydrogen-bond acceptors (Lipinski definition) is 4. The minimum absolute atomic E-state index is 0.356. The van der Waals surface area contributed by atoms with Crippen LogP contribution in [0.25, 0.3) is 10.9 Å². The molecule has 2 heterocycles. The lowest BCUT2D eigenvalue weighted by Crippen LogP contribution is -2.33. The van der Waals surface area contributed by atoms with Gasteiger partial charge in [-0.1, -0.05) is 29.8 Å². The van der Waals surface area contributed by atoms with Crippen LogP contribution in [0, 0.1) is 0 Å². The quantitative estimate of drug-likeness (QED) is 0.766. The van der Waals surface area contributed by atoms with Gasteiger partial charge in [-0.15, -0.1) is 0 Å². The molecule has 0 spiro atoms. The van der Waals surface area contributed by atoms with Crippen molar-refractivity contribution in [2.24, 2.45) is 0 Å². The molecule has 3 rings (SSSR count). The van der Waals surface area contributed by atoms with E-state index < -0.39 is 24.5 Å². The highest BCUT2D eigenvalue weighted by Gasteiger charge is 2.44. The summed E-state index contributed by atoms with van der Waals surface area (Å²) in [5.41, 5.74) is 0.808. The second kappa shape index (κ2) is 4.77. The maximum atomic E-state index is 10.0. The number of rotatable bonds is 2. The average Bonchev–Trinajstić information content (AvgIpc) is 2.88. The Morgan fingerprint density at radius 3 is 2.63 bits per heavy atom. The predicted molar refractivity (Wildman–Crippen MR) is 70.0 cm³/mol. The summed E-state index contributed by atoms with van der Waals surface area (Å²) in [5, 5.41) is 30.3. The normalized spacial score (nSPS) is 31.2. The summed E-state index contributed by atoms with van der Waals surface area (Å²) in [5.74, 6) is 0. The van der Waals surface area contributed by atoms with Gasteiger partial charge in [0.05, 0.1) is 12.1 Å². The van der Waals surface area contributed by atoms with Crippen molar-refractivity contribution < 1.29 is 20.1 Å². The number of aliphatic hydroxyl groups is 3. The Balaban J connectivity index is 2.07. The van der Waals surface area contributed by atoms with Crippen LogP contribution in [0.1, 0.15) is 6.23 Å². The Labute approximate surface area is 114 Å². The van der Waals surface area contributed by atoms with Crippen LogP contribution in [0.3, 0.4) is 0 Å². The second-order valence-corrected chi connectivity index (χ2v) is 5.01. The van der Waals surface area contributed by atoms with Gasteiger partial charge in [-0.2, -0.15) is 0 Å². The molecule has 0 bridgehead atoms. The van der Waals surface area contributed by atoms with Crippen LogP contribution in [0.4, 0.5) is 0 Å². The molecule has 1 fully saturated rings. The molecule has 102 valence electrons. The Morgan fingerprint density at radius 2 is 1.95 bits per heavy atom. The third-order valence-corrected chi connectivity index (χ3v) is 3.76. The van der Waals surface area contributed by atoms with E-state index in [1.807, 2.05) is 24.3 Å². The molecule has 1 aliphatic heterocycles. The monoisotopic (exact) mass is 283 g/mol. The van der Waals surface area contributed by atoms with Crippen LogP contribution >= 0.6 is 11.6 Å². The van der Waals surface area contributed by atoms with E-state index in [-0.39, 0.29) is 6.61 Å². The highest BCUT2D eigenvalue weighted by molar-refractivity contribution is 6.31. The van der Waals surface area contributed by atoms with Crippen molar-refractivity contribution in [3.8, 4) is 0 Å². The van der Waals surface area contributed by atoms with Crippen LogP contribution in [0.15, 0.2) is 30.3 Å². The number of aromatic nitrogens is 1. The summed E-state index contributed by atoms with van der Waals surface area (Å²) >= 11 is 6.18. The lowest BCUT2D eigenvalue weighted by Gasteiger charge is -2.19. The minimum atomic E-state index is -1.13. The lowest BCUT2D eigenvalue weighted by molar-refractivity contribution is -0.0505. The molecule has 0 aliphatic carbocycles. The fraction of sp³-hybridized carbons (Fsp3) is 0.385. The summed E-state index contributed by atoms with van der Waals surface area (Å²) in [6, 6.07) is 9.28. The van der Waals surface area contributed by atoms with E-state index in [0.29, 0.717) is 5.15 Å². The van der Waals surface area contributed by atoms with Crippen molar-refractivity contribution in [1.82, 2.24) is 4.57 Å². The van der Waals surface area contributed by atoms with Crippen LogP contribution in [0.5, 0.6) is 0 Å². The summed E-state index contributed by atoms with van der Waals surface area (Å²) in [6.07, 6.45) is -3.88. The largest absolute Gasteiger partial charge is 0.394 e. The Kier molecular flexibility index (Phi) is 3.24. The van der Waals surface area contributed by atoms with Gasteiger partial charge >= 0.3 is 0 Å². The van der Waals surface area contributed by atoms with E-state index in [0.717, 1.165) is 10.9 Å². The molecule has 1 aromatic carbocycles.